The quantitative estimate of drug-likeness (QED) is 0.771. The molecule has 1 rings (SSSR count). The number of carbonyl (C=O) groups excluding carboxylic acids is 2. The Labute approximate surface area is 119 Å². The number of nitrogens with one attached hydrogen (secondary N) is 3. The first-order valence-electron chi connectivity index (χ1n) is 6.49. The van der Waals surface area contributed by atoms with Gasteiger partial charge in [-0.1, -0.05) is 0 Å². The summed E-state index contributed by atoms with van der Waals surface area (Å²) in [7, 11) is 1.77. The number of pyridine rings is 1. The molecule has 0 aliphatic rings. The number of amides is 2. The number of hydrogen-bond acceptors (Lipinski definition) is 4. The summed E-state index contributed by atoms with van der Waals surface area (Å²) in [6.07, 6.45) is 1.56. The second-order valence-electron chi connectivity index (χ2n) is 5.62. The summed E-state index contributed by atoms with van der Waals surface area (Å²) in [5.74, 6) is -0.595. The molecule has 0 radical (unpaired) electrons. The van der Waals surface area contributed by atoms with Crippen molar-refractivity contribution in [1.29, 1.82) is 0 Å². The van der Waals surface area contributed by atoms with Gasteiger partial charge in [0, 0.05) is 12.6 Å². The fraction of sp³-hybridized carbons (Fsp3) is 0.500. The maximum absolute atomic E-state index is 12.0. The van der Waals surface area contributed by atoms with Gasteiger partial charge in [-0.3, -0.25) is 9.59 Å². The summed E-state index contributed by atoms with van der Waals surface area (Å²) >= 11 is 0. The largest absolute Gasteiger partial charge is 0.387 e. The van der Waals surface area contributed by atoms with Crippen molar-refractivity contribution in [2.24, 2.45) is 0 Å². The molecule has 0 bridgehead atoms. The fourth-order valence-corrected chi connectivity index (χ4v) is 1.49. The van der Waals surface area contributed by atoms with Gasteiger partial charge in [-0.15, -0.1) is 0 Å². The van der Waals surface area contributed by atoms with E-state index in [9.17, 15) is 9.59 Å². The lowest BCUT2D eigenvalue weighted by molar-refractivity contribution is -0.124. The van der Waals surface area contributed by atoms with Crippen LogP contribution in [-0.2, 0) is 4.79 Å². The van der Waals surface area contributed by atoms with Gasteiger partial charge in [0.05, 0.1) is 11.9 Å². The van der Waals surface area contributed by atoms with Crippen molar-refractivity contribution in [2.75, 3.05) is 12.4 Å². The molecule has 0 aromatic carbocycles. The van der Waals surface area contributed by atoms with Crippen LogP contribution in [0.15, 0.2) is 18.3 Å². The summed E-state index contributed by atoms with van der Waals surface area (Å²) in [6, 6.07) is 2.74. The molecule has 2 amide bonds. The molecule has 3 N–H and O–H groups in total. The minimum absolute atomic E-state index is 0.224. The van der Waals surface area contributed by atoms with Crippen LogP contribution in [0.2, 0.25) is 0 Å². The van der Waals surface area contributed by atoms with Gasteiger partial charge < -0.3 is 16.0 Å². The molecule has 6 heteroatoms. The topological polar surface area (TPSA) is 83.1 Å². The highest BCUT2D eigenvalue weighted by Crippen LogP contribution is 2.05. The molecule has 20 heavy (non-hydrogen) atoms. The van der Waals surface area contributed by atoms with Crippen LogP contribution in [0.3, 0.4) is 0 Å². The van der Waals surface area contributed by atoms with Crippen molar-refractivity contribution in [2.45, 2.75) is 39.3 Å². The molecule has 0 aliphatic carbocycles. The number of anilines is 1. The Morgan fingerprint density at radius 2 is 1.90 bits per heavy atom. The summed E-state index contributed by atoms with van der Waals surface area (Å²) in [6.45, 7) is 7.30. The highest BCUT2D eigenvalue weighted by molar-refractivity contribution is 5.96. The average molecular weight is 278 g/mol. The number of hydrogen-bond donors (Lipinski definition) is 3. The third-order valence-corrected chi connectivity index (χ3v) is 2.52. The van der Waals surface area contributed by atoms with E-state index in [2.05, 4.69) is 20.9 Å². The van der Waals surface area contributed by atoms with E-state index in [0.717, 1.165) is 5.69 Å². The third-order valence-electron chi connectivity index (χ3n) is 2.52. The Kier molecular flexibility index (Phi) is 5.07. The van der Waals surface area contributed by atoms with Crippen LogP contribution in [0.4, 0.5) is 5.69 Å². The van der Waals surface area contributed by atoms with Gasteiger partial charge in [0.1, 0.15) is 11.7 Å². The van der Waals surface area contributed by atoms with Crippen molar-refractivity contribution in [3.8, 4) is 0 Å². The monoisotopic (exact) mass is 278 g/mol. The van der Waals surface area contributed by atoms with Gasteiger partial charge in [-0.2, -0.15) is 0 Å². The van der Waals surface area contributed by atoms with Crippen LogP contribution in [0.25, 0.3) is 0 Å². The van der Waals surface area contributed by atoms with Gasteiger partial charge in [0.25, 0.3) is 5.91 Å². The predicted octanol–water partition coefficient (Wildman–Crippen LogP) is 1.16. The van der Waals surface area contributed by atoms with Crippen LogP contribution in [-0.4, -0.2) is 35.4 Å². The van der Waals surface area contributed by atoms with Gasteiger partial charge in [0.2, 0.25) is 5.91 Å². The van der Waals surface area contributed by atoms with Crippen molar-refractivity contribution in [3.63, 3.8) is 0 Å². The van der Waals surface area contributed by atoms with Crippen molar-refractivity contribution in [1.82, 2.24) is 15.6 Å². The highest BCUT2D eigenvalue weighted by Gasteiger charge is 2.21. The molecule has 0 saturated carbocycles. The van der Waals surface area contributed by atoms with E-state index in [0.29, 0.717) is 0 Å². The van der Waals surface area contributed by atoms with E-state index < -0.39 is 6.04 Å². The second-order valence-corrected chi connectivity index (χ2v) is 5.62. The lowest BCUT2D eigenvalue weighted by atomic mass is 10.1. The lowest BCUT2D eigenvalue weighted by Gasteiger charge is -2.23. The van der Waals surface area contributed by atoms with Crippen molar-refractivity contribution in [3.05, 3.63) is 24.0 Å². The van der Waals surface area contributed by atoms with E-state index in [1.54, 1.807) is 32.3 Å². The zero-order valence-electron chi connectivity index (χ0n) is 12.6. The molecule has 0 aliphatic heterocycles. The van der Waals surface area contributed by atoms with Crippen LogP contribution in [0.5, 0.6) is 0 Å². The number of nitrogens with zero attached hydrogens (tertiary/aromatic N) is 1. The van der Waals surface area contributed by atoms with Crippen molar-refractivity contribution < 1.29 is 9.59 Å². The molecule has 1 aromatic heterocycles. The van der Waals surface area contributed by atoms with Gasteiger partial charge in [-0.05, 0) is 39.8 Å². The Morgan fingerprint density at radius 1 is 1.25 bits per heavy atom. The second kappa shape index (κ2) is 6.36. The molecule has 1 aromatic rings. The first-order valence-corrected chi connectivity index (χ1v) is 6.49. The first kappa shape index (κ1) is 15.9. The minimum Gasteiger partial charge on any atom is -0.387 e. The molecular formula is C14H22N4O2. The maximum Gasteiger partial charge on any atom is 0.270 e. The average Bonchev–Trinajstić information content (AvgIpc) is 2.36. The molecule has 110 valence electrons. The zero-order chi connectivity index (χ0) is 15.3. The van der Waals surface area contributed by atoms with Crippen LogP contribution in [0, 0.1) is 0 Å². The summed E-state index contributed by atoms with van der Waals surface area (Å²) in [5, 5.41) is 8.35. The molecule has 1 atom stereocenters. The molecule has 0 spiro atoms. The predicted molar refractivity (Wildman–Crippen MR) is 78.6 cm³/mol. The Morgan fingerprint density at radius 3 is 2.35 bits per heavy atom. The number of aromatic nitrogens is 1. The summed E-state index contributed by atoms with van der Waals surface area (Å²) < 4.78 is 0. The SMILES string of the molecule is CNc1ccc(C(=O)NC(C)C(=O)NC(C)(C)C)nc1. The molecule has 0 saturated heterocycles. The van der Waals surface area contributed by atoms with E-state index in [1.165, 1.54) is 0 Å². The zero-order valence-corrected chi connectivity index (χ0v) is 12.6. The van der Waals surface area contributed by atoms with Crippen LogP contribution in [0.1, 0.15) is 38.2 Å². The first-order chi connectivity index (χ1) is 9.23. The Balaban J connectivity index is 2.62. The van der Waals surface area contributed by atoms with Crippen LogP contribution >= 0.6 is 0 Å². The van der Waals surface area contributed by atoms with E-state index in [4.69, 9.17) is 0 Å². The molecule has 1 heterocycles. The van der Waals surface area contributed by atoms with E-state index in [-0.39, 0.29) is 23.0 Å². The molecular weight excluding hydrogens is 256 g/mol. The van der Waals surface area contributed by atoms with Gasteiger partial charge in [-0.25, -0.2) is 4.98 Å². The minimum atomic E-state index is -0.618. The Hall–Kier alpha value is -2.11. The lowest BCUT2D eigenvalue weighted by Crippen LogP contribution is -2.50. The molecule has 6 nitrogen and oxygen atoms in total. The highest BCUT2D eigenvalue weighted by atomic mass is 16.2. The normalized spacial score (nSPS) is 12.4. The van der Waals surface area contributed by atoms with Crippen molar-refractivity contribution >= 4 is 17.5 Å². The Bertz CT molecular complexity index is 477. The van der Waals surface area contributed by atoms with E-state index >= 15 is 0 Å². The molecule has 0 fully saturated rings. The van der Waals surface area contributed by atoms with Gasteiger partial charge >= 0.3 is 0 Å². The summed E-state index contributed by atoms with van der Waals surface area (Å²) in [4.78, 5) is 27.9. The number of rotatable bonds is 4. The standard InChI is InChI=1S/C14H22N4O2/c1-9(12(19)18-14(2,3)4)17-13(20)11-7-6-10(15-5)8-16-11/h6-9,15H,1-5H3,(H,17,20)(H,18,19). The molecule has 1 unspecified atom stereocenters. The smallest absolute Gasteiger partial charge is 0.270 e. The fourth-order valence-electron chi connectivity index (χ4n) is 1.49. The summed E-state index contributed by atoms with van der Waals surface area (Å²) in [5.41, 5.74) is 0.766. The van der Waals surface area contributed by atoms with Gasteiger partial charge in [0.15, 0.2) is 0 Å². The number of carbonyl (C=O) groups is 2. The van der Waals surface area contributed by atoms with E-state index in [1.807, 2.05) is 20.8 Å². The maximum atomic E-state index is 12.0. The third kappa shape index (κ3) is 4.87. The van der Waals surface area contributed by atoms with Crippen LogP contribution < -0.4 is 16.0 Å².